The average molecular weight is 220 g/mol. The van der Waals surface area contributed by atoms with Crippen LogP contribution in [0.5, 0.6) is 0 Å². The molecule has 4 fully saturated rings. The summed E-state index contributed by atoms with van der Waals surface area (Å²) in [5, 5.41) is 3.34. The molecule has 0 amide bonds. The van der Waals surface area contributed by atoms with E-state index < -0.39 is 0 Å². The molecule has 0 aromatic rings. The summed E-state index contributed by atoms with van der Waals surface area (Å²) < 4.78 is 0. The van der Waals surface area contributed by atoms with Gasteiger partial charge in [0.2, 0.25) is 0 Å². The minimum atomic E-state index is 0.934. The molecule has 0 spiro atoms. The Morgan fingerprint density at radius 1 is 1.12 bits per heavy atom. The second-order valence-corrected chi connectivity index (χ2v) is 6.69. The largest absolute Gasteiger partial charge is 0.319 e. The lowest BCUT2D eigenvalue weighted by Gasteiger charge is -2.20. The zero-order valence-electron chi connectivity index (χ0n) is 10.4. The van der Waals surface area contributed by atoms with E-state index in [0.717, 1.165) is 35.6 Å². The van der Waals surface area contributed by atoms with Crippen molar-refractivity contribution in [2.75, 3.05) is 26.7 Å². The molecule has 0 aromatic heterocycles. The van der Waals surface area contributed by atoms with Gasteiger partial charge in [-0.25, -0.2) is 0 Å². The fraction of sp³-hybridized carbons (Fsp3) is 1.00. The van der Waals surface area contributed by atoms with Gasteiger partial charge in [0.05, 0.1) is 0 Å². The summed E-state index contributed by atoms with van der Waals surface area (Å²) in [4.78, 5) is 2.85. The topological polar surface area (TPSA) is 15.3 Å². The summed E-state index contributed by atoms with van der Waals surface area (Å²) in [6.45, 7) is 4.01. The lowest BCUT2D eigenvalue weighted by Crippen LogP contribution is -2.29. The van der Waals surface area contributed by atoms with Gasteiger partial charge in [0.1, 0.15) is 0 Å². The van der Waals surface area contributed by atoms with Crippen LogP contribution >= 0.6 is 0 Å². The summed E-state index contributed by atoms with van der Waals surface area (Å²) in [6, 6.07) is 1.04. The highest BCUT2D eigenvalue weighted by Gasteiger charge is 2.66. The van der Waals surface area contributed by atoms with Gasteiger partial charge in [-0.1, -0.05) is 0 Å². The highest BCUT2D eigenvalue weighted by molar-refractivity contribution is 5.18. The van der Waals surface area contributed by atoms with Gasteiger partial charge < -0.3 is 5.32 Å². The van der Waals surface area contributed by atoms with Gasteiger partial charge in [-0.05, 0) is 75.4 Å². The Hall–Kier alpha value is -0.0800. The third kappa shape index (κ3) is 1.26. The van der Waals surface area contributed by atoms with Crippen molar-refractivity contribution >= 4 is 0 Å². The molecule has 4 rings (SSSR count). The van der Waals surface area contributed by atoms with Crippen molar-refractivity contribution < 1.29 is 0 Å². The van der Waals surface area contributed by atoms with Crippen LogP contribution in [-0.2, 0) is 0 Å². The van der Waals surface area contributed by atoms with Gasteiger partial charge in [-0.15, -0.1) is 0 Å². The van der Waals surface area contributed by atoms with E-state index in [2.05, 4.69) is 17.3 Å². The Kier molecular flexibility index (Phi) is 2.14. The van der Waals surface area contributed by atoms with E-state index in [4.69, 9.17) is 0 Å². The van der Waals surface area contributed by atoms with Crippen molar-refractivity contribution in [2.45, 2.75) is 31.7 Å². The number of nitrogens with zero attached hydrogens (tertiary/aromatic N) is 1. The van der Waals surface area contributed by atoms with Gasteiger partial charge >= 0.3 is 0 Å². The maximum atomic E-state index is 3.34. The van der Waals surface area contributed by atoms with Crippen LogP contribution in [0.25, 0.3) is 0 Å². The van der Waals surface area contributed by atoms with E-state index >= 15 is 0 Å². The minimum Gasteiger partial charge on any atom is -0.319 e. The first-order chi connectivity index (χ1) is 7.88. The van der Waals surface area contributed by atoms with E-state index in [1.54, 1.807) is 19.3 Å². The van der Waals surface area contributed by atoms with Gasteiger partial charge in [0.25, 0.3) is 0 Å². The molecule has 3 saturated carbocycles. The molecule has 2 bridgehead atoms. The van der Waals surface area contributed by atoms with E-state index in [9.17, 15) is 0 Å². The molecule has 2 nitrogen and oxygen atoms in total. The van der Waals surface area contributed by atoms with Gasteiger partial charge in [-0.2, -0.15) is 0 Å². The molecular weight excluding hydrogens is 196 g/mol. The van der Waals surface area contributed by atoms with Crippen molar-refractivity contribution in [3.63, 3.8) is 0 Å². The third-order valence-corrected chi connectivity index (χ3v) is 5.93. The van der Waals surface area contributed by atoms with Crippen molar-refractivity contribution in [2.24, 2.45) is 29.6 Å². The molecule has 5 unspecified atom stereocenters. The molecule has 3 aliphatic carbocycles. The Labute approximate surface area is 98.8 Å². The number of nitrogens with one attached hydrogen (secondary N) is 1. The molecule has 2 heteroatoms. The van der Waals surface area contributed by atoms with Crippen molar-refractivity contribution in [3.05, 3.63) is 0 Å². The monoisotopic (exact) mass is 220 g/mol. The smallest absolute Gasteiger partial charge is 0.0164 e. The quantitative estimate of drug-likeness (QED) is 0.777. The number of hydrogen-bond donors (Lipinski definition) is 1. The van der Waals surface area contributed by atoms with E-state index in [-0.39, 0.29) is 0 Å². The van der Waals surface area contributed by atoms with Crippen LogP contribution in [0.4, 0.5) is 0 Å². The molecule has 90 valence electrons. The van der Waals surface area contributed by atoms with E-state index in [1.165, 1.54) is 26.1 Å². The van der Waals surface area contributed by atoms with Crippen LogP contribution in [-0.4, -0.2) is 37.6 Å². The fourth-order valence-electron chi connectivity index (χ4n) is 5.36. The van der Waals surface area contributed by atoms with Gasteiger partial charge in [0, 0.05) is 12.6 Å². The van der Waals surface area contributed by atoms with Crippen molar-refractivity contribution in [3.8, 4) is 0 Å². The molecule has 5 atom stereocenters. The zero-order chi connectivity index (χ0) is 10.7. The SMILES string of the molecule is CNCC1CCN(C2C3C4CCC(C4)C32)C1. The van der Waals surface area contributed by atoms with Crippen LogP contribution < -0.4 is 5.32 Å². The number of likely N-dealkylation sites (tertiary alicyclic amines) is 1. The van der Waals surface area contributed by atoms with Gasteiger partial charge in [-0.3, -0.25) is 4.90 Å². The molecule has 0 aromatic carbocycles. The first-order valence-corrected chi connectivity index (χ1v) is 7.27. The minimum absolute atomic E-state index is 0.934. The Morgan fingerprint density at radius 2 is 1.88 bits per heavy atom. The summed E-state index contributed by atoms with van der Waals surface area (Å²) >= 11 is 0. The molecule has 1 heterocycles. The van der Waals surface area contributed by atoms with Gasteiger partial charge in [0.15, 0.2) is 0 Å². The van der Waals surface area contributed by atoms with Crippen LogP contribution in [0.2, 0.25) is 0 Å². The molecule has 1 aliphatic heterocycles. The summed E-state index contributed by atoms with van der Waals surface area (Å²) in [6.07, 6.45) is 6.16. The Bertz CT molecular complexity index is 274. The lowest BCUT2D eigenvalue weighted by atomic mass is 10.0. The molecule has 1 N–H and O–H groups in total. The van der Waals surface area contributed by atoms with Crippen molar-refractivity contribution in [1.82, 2.24) is 10.2 Å². The standard InChI is InChI=1S/C14H24N2/c1-15-7-9-4-5-16(8-9)14-12-10-2-3-11(6-10)13(12)14/h9-15H,2-8H2,1H3. The van der Waals surface area contributed by atoms with E-state index in [1.807, 2.05) is 0 Å². The first kappa shape index (κ1) is 9.90. The fourth-order valence-corrected chi connectivity index (χ4v) is 5.36. The second kappa shape index (κ2) is 3.46. The summed E-state index contributed by atoms with van der Waals surface area (Å²) in [5.74, 6) is 5.51. The number of rotatable bonds is 3. The van der Waals surface area contributed by atoms with E-state index in [0.29, 0.717) is 0 Å². The molecule has 16 heavy (non-hydrogen) atoms. The number of hydrogen-bond acceptors (Lipinski definition) is 2. The highest BCUT2D eigenvalue weighted by Crippen LogP contribution is 2.67. The Balaban J connectivity index is 1.40. The van der Waals surface area contributed by atoms with Crippen molar-refractivity contribution in [1.29, 1.82) is 0 Å². The highest BCUT2D eigenvalue weighted by atomic mass is 15.2. The van der Waals surface area contributed by atoms with Crippen LogP contribution in [0, 0.1) is 29.6 Å². The average Bonchev–Trinajstić information content (AvgIpc) is 2.73. The molecule has 1 saturated heterocycles. The third-order valence-electron chi connectivity index (χ3n) is 5.93. The second-order valence-electron chi connectivity index (χ2n) is 6.69. The normalized spacial score (nSPS) is 54.6. The lowest BCUT2D eigenvalue weighted by molar-refractivity contribution is 0.257. The Morgan fingerprint density at radius 3 is 2.56 bits per heavy atom. The summed E-state index contributed by atoms with van der Waals surface area (Å²) in [5.41, 5.74) is 0. The van der Waals surface area contributed by atoms with Crippen LogP contribution in [0.3, 0.4) is 0 Å². The molecular formula is C14H24N2. The maximum Gasteiger partial charge on any atom is 0.0164 e. The predicted octanol–water partition coefficient (Wildman–Crippen LogP) is 1.57. The summed E-state index contributed by atoms with van der Waals surface area (Å²) in [7, 11) is 2.09. The maximum absolute atomic E-state index is 3.34. The molecule has 4 aliphatic rings. The van der Waals surface area contributed by atoms with Crippen LogP contribution in [0.15, 0.2) is 0 Å². The zero-order valence-corrected chi connectivity index (χ0v) is 10.4. The van der Waals surface area contributed by atoms with Crippen LogP contribution in [0.1, 0.15) is 25.7 Å². The first-order valence-electron chi connectivity index (χ1n) is 7.27. The molecule has 0 radical (unpaired) electrons. The predicted molar refractivity (Wildman–Crippen MR) is 65.2 cm³/mol. The number of fused-ring (bicyclic) bond motifs is 5.